The van der Waals surface area contributed by atoms with E-state index in [1.165, 1.54) is 0 Å². The van der Waals surface area contributed by atoms with Crippen LogP contribution in [-0.2, 0) is 4.79 Å². The summed E-state index contributed by atoms with van der Waals surface area (Å²) in [6.07, 6.45) is 3.70. The smallest absolute Gasteiger partial charge is 0.221 e. The molecule has 0 aliphatic carbocycles. The number of rotatable bonds is 1. The number of carbonyl (C=O) groups is 1. The Morgan fingerprint density at radius 3 is 2.45 bits per heavy atom. The largest absolute Gasteiger partial charge is 0.397 e. The summed E-state index contributed by atoms with van der Waals surface area (Å²) in [6.45, 7) is 0. The third-order valence-electron chi connectivity index (χ3n) is 0.752. The van der Waals surface area contributed by atoms with Crippen molar-refractivity contribution in [3.8, 4) is 0 Å². The van der Waals surface area contributed by atoms with E-state index in [1.54, 1.807) is 30.0 Å². The number of hydrazine groups is 1. The number of amides is 1. The van der Waals surface area contributed by atoms with E-state index >= 15 is 0 Å². The van der Waals surface area contributed by atoms with Gasteiger partial charge in [0, 0.05) is 12.4 Å². The molecule has 0 radical (unpaired) electrons. The van der Waals surface area contributed by atoms with Gasteiger partial charge in [0.2, 0.25) is 6.41 Å². The molecule has 0 saturated carbocycles. The summed E-state index contributed by atoms with van der Waals surface area (Å²) in [4.78, 5) is 12.7. The Labute approximate surface area is 64.4 Å². The fourth-order valence-corrected chi connectivity index (χ4v) is 0.376. The van der Waals surface area contributed by atoms with Crippen LogP contribution in [0.2, 0.25) is 0 Å². The second-order valence-electron chi connectivity index (χ2n) is 1.57. The molecule has 60 valence electrons. The quantitative estimate of drug-likeness (QED) is 0.215. The highest BCUT2D eigenvalue weighted by Gasteiger charge is 1.73. The van der Waals surface area contributed by atoms with Gasteiger partial charge in [-0.1, -0.05) is 0 Å². The van der Waals surface area contributed by atoms with E-state index in [0.717, 1.165) is 0 Å². The van der Waals surface area contributed by atoms with E-state index in [0.29, 0.717) is 12.1 Å². The van der Waals surface area contributed by atoms with Gasteiger partial charge in [-0.15, -0.1) is 0 Å². The number of pyridine rings is 1. The molecule has 0 fully saturated rings. The number of nitrogens with zero attached hydrogens (tertiary/aromatic N) is 1. The molecule has 1 aromatic rings. The van der Waals surface area contributed by atoms with E-state index in [2.05, 4.69) is 10.8 Å². The molecule has 1 amide bonds. The lowest BCUT2D eigenvalue weighted by Crippen LogP contribution is -2.18. The molecule has 5 nitrogen and oxygen atoms in total. The van der Waals surface area contributed by atoms with Crippen LogP contribution in [0.15, 0.2) is 24.5 Å². The first kappa shape index (κ1) is 9.38. The van der Waals surface area contributed by atoms with Crippen LogP contribution < -0.4 is 17.0 Å². The van der Waals surface area contributed by atoms with E-state index in [1.807, 2.05) is 0 Å². The molecule has 0 atom stereocenters. The lowest BCUT2D eigenvalue weighted by atomic mass is 10.4. The van der Waals surface area contributed by atoms with Gasteiger partial charge in [-0.25, -0.2) is 5.84 Å². The summed E-state index contributed by atoms with van der Waals surface area (Å²) in [5, 5.41) is 0. The first-order chi connectivity index (χ1) is 5.31. The molecule has 11 heavy (non-hydrogen) atoms. The molecule has 0 bridgehead atoms. The Morgan fingerprint density at radius 1 is 1.64 bits per heavy atom. The fourth-order valence-electron chi connectivity index (χ4n) is 0.376. The van der Waals surface area contributed by atoms with Crippen molar-refractivity contribution in [2.45, 2.75) is 0 Å². The molecule has 5 heteroatoms. The summed E-state index contributed by atoms with van der Waals surface area (Å²) in [7, 11) is 0. The first-order valence-electron chi connectivity index (χ1n) is 2.86. The summed E-state index contributed by atoms with van der Waals surface area (Å²) >= 11 is 0. The summed E-state index contributed by atoms with van der Waals surface area (Å²) < 4.78 is 0. The van der Waals surface area contributed by atoms with Gasteiger partial charge in [-0.05, 0) is 12.1 Å². The van der Waals surface area contributed by atoms with Crippen LogP contribution in [0.4, 0.5) is 5.69 Å². The minimum Gasteiger partial charge on any atom is -0.397 e. The Bertz CT molecular complexity index is 189. The molecule has 0 unspecified atom stereocenters. The number of nitrogens with two attached hydrogens (primary N) is 2. The summed E-state index contributed by atoms with van der Waals surface area (Å²) in [5.41, 5.74) is 7.76. The number of hydrogen-bond acceptors (Lipinski definition) is 4. The molecule has 1 aromatic heterocycles. The Balaban J connectivity index is 0.000000218. The first-order valence-corrected chi connectivity index (χ1v) is 2.86. The Hall–Kier alpha value is -1.62. The lowest BCUT2D eigenvalue weighted by Gasteiger charge is -1.83. The lowest BCUT2D eigenvalue weighted by molar-refractivity contribution is -0.109. The van der Waals surface area contributed by atoms with Crippen LogP contribution in [-0.4, -0.2) is 11.4 Å². The van der Waals surface area contributed by atoms with E-state index < -0.39 is 0 Å². The van der Waals surface area contributed by atoms with Crippen molar-refractivity contribution in [2.24, 2.45) is 5.84 Å². The molecule has 0 aromatic carbocycles. The number of nitrogen functional groups attached to an aromatic ring is 1. The second kappa shape index (κ2) is 6.50. The molecular weight excluding hydrogens is 144 g/mol. The van der Waals surface area contributed by atoms with Crippen LogP contribution in [0.1, 0.15) is 0 Å². The van der Waals surface area contributed by atoms with Crippen LogP contribution in [0.3, 0.4) is 0 Å². The highest BCUT2D eigenvalue weighted by Crippen LogP contribution is 1.92. The van der Waals surface area contributed by atoms with Gasteiger partial charge < -0.3 is 5.73 Å². The van der Waals surface area contributed by atoms with Crippen molar-refractivity contribution in [1.29, 1.82) is 0 Å². The number of hydrogen-bond donors (Lipinski definition) is 3. The number of anilines is 1. The van der Waals surface area contributed by atoms with E-state index in [9.17, 15) is 0 Å². The van der Waals surface area contributed by atoms with Crippen molar-refractivity contribution >= 4 is 12.1 Å². The predicted octanol–water partition coefficient (Wildman–Crippen LogP) is -0.730. The van der Waals surface area contributed by atoms with Crippen molar-refractivity contribution in [2.75, 3.05) is 5.73 Å². The second-order valence-corrected chi connectivity index (χ2v) is 1.57. The fraction of sp³-hybridized carbons (Fsp3) is 0. The number of carbonyl (C=O) groups excluding carboxylic acids is 1. The Morgan fingerprint density at radius 2 is 2.27 bits per heavy atom. The molecular formula is C6H10N4O. The SMILES string of the molecule is NNC=O.Nc1cccnc1. The van der Waals surface area contributed by atoms with Crippen molar-refractivity contribution in [3.05, 3.63) is 24.5 Å². The highest BCUT2D eigenvalue weighted by molar-refractivity contribution is 5.44. The summed E-state index contributed by atoms with van der Waals surface area (Å²) in [5.74, 6) is 4.41. The zero-order valence-electron chi connectivity index (χ0n) is 5.90. The van der Waals surface area contributed by atoms with Gasteiger partial charge in [0.05, 0.1) is 5.69 Å². The van der Waals surface area contributed by atoms with Gasteiger partial charge in [-0.2, -0.15) is 0 Å². The maximum absolute atomic E-state index is 8.94. The third-order valence-corrected chi connectivity index (χ3v) is 0.752. The highest BCUT2D eigenvalue weighted by atomic mass is 16.1. The monoisotopic (exact) mass is 154 g/mol. The molecule has 0 aliphatic heterocycles. The molecule has 0 spiro atoms. The zero-order chi connectivity index (χ0) is 8.53. The minimum absolute atomic E-state index is 0.403. The maximum atomic E-state index is 8.94. The van der Waals surface area contributed by atoms with Crippen LogP contribution in [0.5, 0.6) is 0 Å². The topological polar surface area (TPSA) is 94.0 Å². The van der Waals surface area contributed by atoms with Crippen LogP contribution in [0.25, 0.3) is 0 Å². The van der Waals surface area contributed by atoms with Crippen LogP contribution >= 0.6 is 0 Å². The molecule has 1 rings (SSSR count). The number of aromatic nitrogens is 1. The minimum atomic E-state index is 0.403. The molecule has 1 heterocycles. The van der Waals surface area contributed by atoms with Gasteiger partial charge in [0.1, 0.15) is 0 Å². The Kier molecular flexibility index (Phi) is 5.54. The van der Waals surface area contributed by atoms with E-state index in [-0.39, 0.29) is 0 Å². The zero-order valence-corrected chi connectivity index (χ0v) is 5.90. The standard InChI is InChI=1S/C5H6N2.CH4N2O/c6-5-2-1-3-7-4-5;2-3-1-4/h1-4H,6H2;1H,2H2,(H,3,4). The third kappa shape index (κ3) is 6.26. The van der Waals surface area contributed by atoms with Gasteiger partial charge in [0.15, 0.2) is 0 Å². The van der Waals surface area contributed by atoms with Gasteiger partial charge in [-0.3, -0.25) is 15.2 Å². The van der Waals surface area contributed by atoms with E-state index in [4.69, 9.17) is 10.5 Å². The van der Waals surface area contributed by atoms with Crippen LogP contribution in [0, 0.1) is 0 Å². The number of nitrogens with one attached hydrogen (secondary N) is 1. The average molecular weight is 154 g/mol. The van der Waals surface area contributed by atoms with Crippen molar-refractivity contribution < 1.29 is 4.79 Å². The van der Waals surface area contributed by atoms with Crippen molar-refractivity contribution in [1.82, 2.24) is 10.4 Å². The molecule has 0 aliphatic rings. The normalized spacial score (nSPS) is 7.36. The molecule has 5 N–H and O–H groups in total. The summed E-state index contributed by atoms with van der Waals surface area (Å²) in [6, 6.07) is 3.60. The van der Waals surface area contributed by atoms with Gasteiger partial charge in [0.25, 0.3) is 0 Å². The average Bonchev–Trinajstić information content (AvgIpc) is 2.07. The molecule has 0 saturated heterocycles. The maximum Gasteiger partial charge on any atom is 0.221 e. The van der Waals surface area contributed by atoms with Gasteiger partial charge >= 0.3 is 0 Å². The predicted molar refractivity (Wildman–Crippen MR) is 42.0 cm³/mol. The van der Waals surface area contributed by atoms with Crippen molar-refractivity contribution in [3.63, 3.8) is 0 Å².